The molecule has 0 fully saturated rings. The first-order chi connectivity index (χ1) is 29.5. The van der Waals surface area contributed by atoms with Crippen LogP contribution >= 0.6 is 0 Å². The fourth-order valence-electron chi connectivity index (χ4n) is 7.33. The third-order valence-electron chi connectivity index (χ3n) is 9.57. The monoisotopic (exact) mass is 658 g/mol. The first-order valence-electron chi connectivity index (χ1n) is 21.7. The molecule has 238 valence electrons. The van der Waals surface area contributed by atoms with Crippen molar-refractivity contribution in [2.75, 3.05) is 0 Å². The van der Waals surface area contributed by atoms with Crippen molar-refractivity contribution in [3.05, 3.63) is 194 Å². The molecule has 0 aliphatic carbocycles. The molecule has 1 heterocycles. The van der Waals surface area contributed by atoms with Crippen molar-refractivity contribution >= 4 is 43.4 Å². The van der Waals surface area contributed by atoms with E-state index in [-0.39, 0.29) is 35.3 Å². The molecule has 0 amide bonds. The van der Waals surface area contributed by atoms with Gasteiger partial charge >= 0.3 is 0 Å². The van der Waals surface area contributed by atoms with Crippen LogP contribution in [0.2, 0.25) is 0 Å². The van der Waals surface area contributed by atoms with Crippen molar-refractivity contribution in [3.8, 4) is 50.5 Å². The summed E-state index contributed by atoms with van der Waals surface area (Å²) in [5, 5.41) is 4.17. The van der Waals surface area contributed by atoms with Gasteiger partial charge in [-0.1, -0.05) is 170 Å². The number of benzene rings is 9. The van der Waals surface area contributed by atoms with Crippen LogP contribution in [0, 0.1) is 0 Å². The minimum Gasteiger partial charge on any atom is -0.292 e. The highest BCUT2D eigenvalue weighted by Gasteiger charge is 2.19. The topological polar surface area (TPSA) is 17.8 Å². The molecule has 0 saturated carbocycles. The number of nitrogens with zero attached hydrogens (tertiary/aromatic N) is 2. The molecule has 0 aliphatic heterocycles. The smallest absolute Gasteiger partial charge is 0.145 e. The van der Waals surface area contributed by atoms with Crippen molar-refractivity contribution < 1.29 is 13.7 Å². The minimum absolute atomic E-state index is 0.000326. The summed E-state index contributed by atoms with van der Waals surface area (Å²) in [5.74, 6) is 0.765. The zero-order valence-electron chi connectivity index (χ0n) is 37.1. The maximum absolute atomic E-state index is 9.07. The predicted octanol–water partition coefficient (Wildman–Crippen LogP) is 13.2. The molecule has 0 radical (unpaired) electrons. The Bertz CT molecular complexity index is 3420. The number of aromatic nitrogens is 2. The van der Waals surface area contributed by atoms with Crippen molar-refractivity contribution in [1.29, 1.82) is 0 Å². The van der Waals surface area contributed by atoms with E-state index in [9.17, 15) is 0 Å². The molecule has 0 bridgehead atoms. The van der Waals surface area contributed by atoms with Crippen molar-refractivity contribution in [2.24, 2.45) is 0 Å². The zero-order chi connectivity index (χ0) is 42.4. The number of rotatable bonds is 5. The Morgan fingerprint density at radius 3 is 1.69 bits per heavy atom. The molecule has 2 nitrogen and oxygen atoms in total. The van der Waals surface area contributed by atoms with Gasteiger partial charge in [0.15, 0.2) is 0 Å². The molecule has 10 aromatic rings. The second kappa shape index (κ2) is 12.0. The van der Waals surface area contributed by atoms with Crippen LogP contribution in [-0.4, -0.2) is 9.55 Å². The molecule has 9 aromatic carbocycles. The molecule has 0 N–H and O–H groups in total. The van der Waals surface area contributed by atoms with Crippen molar-refractivity contribution in [2.45, 2.75) is 0 Å². The van der Waals surface area contributed by atoms with E-state index in [0.29, 0.717) is 32.7 Å². The summed E-state index contributed by atoms with van der Waals surface area (Å²) in [4.78, 5) is 5.11. The Labute approximate surface area is 310 Å². The predicted molar refractivity (Wildman–Crippen MR) is 215 cm³/mol. The van der Waals surface area contributed by atoms with Gasteiger partial charge in [-0.25, -0.2) is 4.98 Å². The maximum Gasteiger partial charge on any atom is 0.145 e. The van der Waals surface area contributed by atoms with E-state index in [0.717, 1.165) is 50.0 Å². The van der Waals surface area contributed by atoms with Gasteiger partial charge in [-0.15, -0.1) is 0 Å². The highest BCUT2D eigenvalue weighted by Crippen LogP contribution is 2.45. The Hall–Kier alpha value is -6.77. The van der Waals surface area contributed by atoms with Crippen LogP contribution in [0.4, 0.5) is 0 Å². The average molecular weight is 659 g/mol. The summed E-state index contributed by atoms with van der Waals surface area (Å²) in [7, 11) is 0. The molecule has 10 rings (SSSR count). The summed E-state index contributed by atoms with van der Waals surface area (Å²) < 4.78 is 89.2. The van der Waals surface area contributed by atoms with Crippen LogP contribution in [0.5, 0.6) is 0 Å². The molecule has 0 atom stereocenters. The van der Waals surface area contributed by atoms with Crippen LogP contribution in [-0.2, 0) is 0 Å². The van der Waals surface area contributed by atoms with Crippen LogP contribution in [0.25, 0.3) is 93.8 Å². The number of imidazole rings is 1. The summed E-state index contributed by atoms with van der Waals surface area (Å²) in [6.07, 6.45) is 0. The third-order valence-corrected chi connectivity index (χ3v) is 9.57. The first-order valence-corrected chi connectivity index (χ1v) is 16.7. The molecule has 0 aliphatic rings. The van der Waals surface area contributed by atoms with Gasteiger partial charge in [-0.3, -0.25) is 4.57 Å². The van der Waals surface area contributed by atoms with Crippen LogP contribution in [0.15, 0.2) is 194 Å². The standard InChI is InChI=1S/C49H32N2/c1-3-15-35(16-4-1)47-40-21-9-10-22-41(40)48(36-17-5-2-6-18-36)43-32-38(30-31-42(43)47)33-26-28-37(29-27-33)49-50-44-23-11-12-24-46(44)51(49)45-25-13-19-34-14-7-8-20-39(34)45/h1-32H/i1D,2D,3D,4D,5D,6D,15D,16D,17D,18D. The largest absolute Gasteiger partial charge is 0.292 e. The summed E-state index contributed by atoms with van der Waals surface area (Å²) in [6.45, 7) is 0. The van der Waals surface area contributed by atoms with E-state index in [1.54, 1.807) is 24.3 Å². The van der Waals surface area contributed by atoms with Gasteiger partial charge in [0, 0.05) is 10.9 Å². The first kappa shape index (κ1) is 20.7. The fraction of sp³-hybridized carbons (Fsp3) is 0. The van der Waals surface area contributed by atoms with Crippen LogP contribution in [0.1, 0.15) is 13.7 Å². The van der Waals surface area contributed by atoms with E-state index in [1.165, 1.54) is 0 Å². The van der Waals surface area contributed by atoms with E-state index in [1.807, 2.05) is 78.9 Å². The number of hydrogen-bond donors (Lipinski definition) is 0. The van der Waals surface area contributed by atoms with E-state index >= 15 is 0 Å². The SMILES string of the molecule is [2H]c1c([2H])c([2H])c(-c2c3ccccc3c(-c3c([2H])c([2H])c([2H])c([2H])c3[2H])c3cc(-c4ccc(-c5nc6ccccc6n5-c5cccc6ccccc56)cc4)ccc23)c([2H])c1[2H]. The number of para-hydroxylation sites is 2. The Balaban J connectivity index is 1.23. The highest BCUT2D eigenvalue weighted by atomic mass is 15.1. The summed E-state index contributed by atoms with van der Waals surface area (Å²) in [5.41, 5.74) is 6.03. The van der Waals surface area contributed by atoms with Gasteiger partial charge in [-0.2, -0.15) is 0 Å². The van der Waals surface area contributed by atoms with Gasteiger partial charge in [0.2, 0.25) is 0 Å². The average Bonchev–Trinajstić information content (AvgIpc) is 3.68. The number of hydrogen-bond acceptors (Lipinski definition) is 1. The lowest BCUT2D eigenvalue weighted by Crippen LogP contribution is -1.98. The third kappa shape index (κ3) is 4.84. The molecule has 0 saturated heterocycles. The lowest BCUT2D eigenvalue weighted by atomic mass is 9.85. The van der Waals surface area contributed by atoms with Gasteiger partial charge in [0.05, 0.1) is 30.4 Å². The number of fused-ring (bicyclic) bond motifs is 4. The molecular formula is C49H32N2. The summed E-state index contributed by atoms with van der Waals surface area (Å²) in [6, 6.07) is 38.8. The maximum atomic E-state index is 9.07. The molecule has 2 heteroatoms. The Morgan fingerprint density at radius 2 is 0.961 bits per heavy atom. The molecular weight excluding hydrogens is 617 g/mol. The summed E-state index contributed by atoms with van der Waals surface area (Å²) >= 11 is 0. The Kier molecular flexibility index (Phi) is 4.86. The molecule has 0 spiro atoms. The Morgan fingerprint density at radius 1 is 0.412 bits per heavy atom. The van der Waals surface area contributed by atoms with Gasteiger partial charge in [0.1, 0.15) is 5.82 Å². The molecule has 0 unspecified atom stereocenters. The lowest BCUT2D eigenvalue weighted by molar-refractivity contribution is 1.11. The lowest BCUT2D eigenvalue weighted by Gasteiger charge is -2.18. The fourth-order valence-corrected chi connectivity index (χ4v) is 7.33. The van der Waals surface area contributed by atoms with Crippen molar-refractivity contribution in [1.82, 2.24) is 9.55 Å². The van der Waals surface area contributed by atoms with Gasteiger partial charge < -0.3 is 0 Å². The second-order valence-electron chi connectivity index (χ2n) is 12.4. The van der Waals surface area contributed by atoms with Crippen molar-refractivity contribution in [3.63, 3.8) is 0 Å². The normalized spacial score (nSPS) is 14.3. The molecule has 1 aromatic heterocycles. The van der Waals surface area contributed by atoms with Crippen LogP contribution in [0.3, 0.4) is 0 Å². The van der Waals surface area contributed by atoms with Gasteiger partial charge in [-0.05, 0) is 84.6 Å². The molecule has 51 heavy (non-hydrogen) atoms. The van der Waals surface area contributed by atoms with Gasteiger partial charge in [0.25, 0.3) is 0 Å². The van der Waals surface area contributed by atoms with E-state index < -0.39 is 36.3 Å². The van der Waals surface area contributed by atoms with Crippen LogP contribution < -0.4 is 0 Å². The zero-order valence-corrected chi connectivity index (χ0v) is 27.1. The quantitative estimate of drug-likeness (QED) is 0.168. The van der Waals surface area contributed by atoms with E-state index in [2.05, 4.69) is 34.9 Å². The van der Waals surface area contributed by atoms with E-state index in [4.69, 9.17) is 18.7 Å². The highest BCUT2D eigenvalue weighted by molar-refractivity contribution is 6.22. The minimum atomic E-state index is -0.516. The second-order valence-corrected chi connectivity index (χ2v) is 12.4.